The summed E-state index contributed by atoms with van der Waals surface area (Å²) in [4.78, 5) is 1.17. The van der Waals surface area contributed by atoms with Crippen LogP contribution in [0.25, 0.3) is 0 Å². The number of hydrogen-bond donors (Lipinski definition) is 0. The van der Waals surface area contributed by atoms with Crippen LogP contribution in [-0.4, -0.2) is 12.4 Å². The Morgan fingerprint density at radius 1 is 1.06 bits per heavy atom. The van der Waals surface area contributed by atoms with Crippen LogP contribution in [0.15, 0.2) is 53.4 Å². The molecule has 18 heavy (non-hydrogen) atoms. The second kappa shape index (κ2) is 6.66. The summed E-state index contributed by atoms with van der Waals surface area (Å²) in [5, 5.41) is 0.305. The van der Waals surface area contributed by atoms with Crippen molar-refractivity contribution in [3.05, 3.63) is 59.4 Å². The molecule has 94 valence electrons. The van der Waals surface area contributed by atoms with Gasteiger partial charge in [0.25, 0.3) is 0 Å². The molecule has 0 amide bonds. The van der Waals surface area contributed by atoms with E-state index in [0.717, 1.165) is 5.75 Å². The molecule has 0 bridgehead atoms. The van der Waals surface area contributed by atoms with E-state index in [0.29, 0.717) is 11.6 Å². The number of benzene rings is 2. The lowest BCUT2D eigenvalue weighted by Gasteiger charge is -2.08. The van der Waals surface area contributed by atoms with Crippen LogP contribution in [0.1, 0.15) is 0 Å². The molecule has 4 heteroatoms. The molecule has 0 N–H and O–H groups in total. The van der Waals surface area contributed by atoms with Gasteiger partial charge in [-0.1, -0.05) is 35.9 Å². The summed E-state index contributed by atoms with van der Waals surface area (Å²) in [6.07, 6.45) is 0. The van der Waals surface area contributed by atoms with Crippen molar-refractivity contribution in [2.75, 3.05) is 12.4 Å². The van der Waals surface area contributed by atoms with E-state index in [4.69, 9.17) is 16.3 Å². The third kappa shape index (κ3) is 3.65. The highest BCUT2D eigenvalue weighted by Crippen LogP contribution is 2.27. The zero-order chi connectivity index (χ0) is 12.8. The smallest absolute Gasteiger partial charge is 0.173 e. The summed E-state index contributed by atoms with van der Waals surface area (Å²) in [7, 11) is 0. The highest BCUT2D eigenvalue weighted by atomic mass is 35.5. The Labute approximate surface area is 115 Å². The molecule has 0 radical (unpaired) electrons. The Morgan fingerprint density at radius 3 is 2.56 bits per heavy atom. The summed E-state index contributed by atoms with van der Waals surface area (Å²) in [6.45, 7) is 0.417. The maximum atomic E-state index is 13.4. The van der Waals surface area contributed by atoms with Crippen LogP contribution in [0.3, 0.4) is 0 Å². The van der Waals surface area contributed by atoms with Gasteiger partial charge in [-0.3, -0.25) is 0 Å². The molecule has 2 aromatic carbocycles. The van der Waals surface area contributed by atoms with Crippen LogP contribution >= 0.6 is 23.4 Å². The predicted octanol–water partition coefficient (Wildman–Crippen LogP) is 4.65. The molecule has 1 nitrogen and oxygen atoms in total. The first-order chi connectivity index (χ1) is 8.77. The van der Waals surface area contributed by atoms with Gasteiger partial charge >= 0.3 is 0 Å². The molecule has 0 spiro atoms. The van der Waals surface area contributed by atoms with Gasteiger partial charge in [-0.2, -0.15) is 0 Å². The van der Waals surface area contributed by atoms with Crippen molar-refractivity contribution in [2.24, 2.45) is 0 Å². The van der Waals surface area contributed by atoms with Crippen LogP contribution < -0.4 is 4.74 Å². The minimum absolute atomic E-state index is 0.132. The van der Waals surface area contributed by atoms with E-state index in [1.165, 1.54) is 11.0 Å². The van der Waals surface area contributed by atoms with Crippen LogP contribution in [0.2, 0.25) is 5.02 Å². The molecule has 0 aliphatic carbocycles. The largest absolute Gasteiger partial charge is 0.488 e. The Morgan fingerprint density at radius 2 is 1.83 bits per heavy atom. The standard InChI is InChI=1S/C14H12ClFOS/c15-12-7-4-8-13(16)14(12)17-9-10-18-11-5-2-1-3-6-11/h1-8H,9-10H2. The summed E-state index contributed by atoms with van der Waals surface area (Å²) < 4.78 is 18.7. The molecule has 2 rings (SSSR count). The summed E-state index contributed by atoms with van der Waals surface area (Å²) in [5.41, 5.74) is 0. The lowest BCUT2D eigenvalue weighted by atomic mass is 10.3. The van der Waals surface area contributed by atoms with Gasteiger partial charge in [0.15, 0.2) is 11.6 Å². The number of rotatable bonds is 5. The third-order valence-electron chi connectivity index (χ3n) is 2.26. The number of halogens is 2. The van der Waals surface area contributed by atoms with Gasteiger partial charge in [0.05, 0.1) is 11.6 Å². The van der Waals surface area contributed by atoms with Gasteiger partial charge in [-0.15, -0.1) is 11.8 Å². The first kappa shape index (κ1) is 13.2. The summed E-state index contributed by atoms with van der Waals surface area (Å²) in [5.74, 6) is 0.453. The van der Waals surface area contributed by atoms with Crippen LogP contribution in [0, 0.1) is 5.82 Å². The maximum Gasteiger partial charge on any atom is 0.173 e. The second-order valence-corrected chi connectivity index (χ2v) is 5.14. The molecule has 0 atom stereocenters. The zero-order valence-corrected chi connectivity index (χ0v) is 11.2. The normalized spacial score (nSPS) is 10.3. The Kier molecular flexibility index (Phi) is 4.90. The molecule has 0 heterocycles. The van der Waals surface area contributed by atoms with Crippen LogP contribution in [0.4, 0.5) is 4.39 Å². The maximum absolute atomic E-state index is 13.4. The van der Waals surface area contributed by atoms with E-state index in [-0.39, 0.29) is 5.75 Å². The van der Waals surface area contributed by atoms with Crippen molar-refractivity contribution in [1.29, 1.82) is 0 Å². The van der Waals surface area contributed by atoms with E-state index in [1.54, 1.807) is 23.9 Å². The van der Waals surface area contributed by atoms with Crippen molar-refractivity contribution >= 4 is 23.4 Å². The molecule has 0 aliphatic heterocycles. The lowest BCUT2D eigenvalue weighted by Crippen LogP contribution is -2.02. The average molecular weight is 283 g/mol. The van der Waals surface area contributed by atoms with Crippen molar-refractivity contribution in [2.45, 2.75) is 4.90 Å². The van der Waals surface area contributed by atoms with E-state index >= 15 is 0 Å². The van der Waals surface area contributed by atoms with Gasteiger partial charge in [0.1, 0.15) is 0 Å². The van der Waals surface area contributed by atoms with Crippen LogP contribution in [-0.2, 0) is 0 Å². The highest BCUT2D eigenvalue weighted by Gasteiger charge is 2.07. The first-order valence-electron chi connectivity index (χ1n) is 5.52. The summed E-state index contributed by atoms with van der Waals surface area (Å²) in [6, 6.07) is 14.5. The second-order valence-electron chi connectivity index (χ2n) is 3.56. The molecule has 0 saturated carbocycles. The number of hydrogen-bond acceptors (Lipinski definition) is 2. The average Bonchev–Trinajstić information content (AvgIpc) is 2.38. The van der Waals surface area contributed by atoms with Crippen molar-refractivity contribution < 1.29 is 9.13 Å². The Balaban J connectivity index is 1.82. The third-order valence-corrected chi connectivity index (χ3v) is 3.53. The van der Waals surface area contributed by atoms with E-state index in [1.807, 2.05) is 30.3 Å². The number of thioether (sulfide) groups is 1. The number of ether oxygens (including phenoxy) is 1. The summed E-state index contributed by atoms with van der Waals surface area (Å²) >= 11 is 7.51. The molecular formula is C14H12ClFOS. The minimum Gasteiger partial charge on any atom is -0.488 e. The molecule has 0 fully saturated rings. The minimum atomic E-state index is -0.424. The van der Waals surface area contributed by atoms with Crippen molar-refractivity contribution in [1.82, 2.24) is 0 Å². The Bertz CT molecular complexity index is 484. The molecule has 0 aromatic heterocycles. The van der Waals surface area contributed by atoms with Gasteiger partial charge in [0, 0.05) is 10.6 Å². The molecular weight excluding hydrogens is 271 g/mol. The molecule has 0 aliphatic rings. The monoisotopic (exact) mass is 282 g/mol. The fourth-order valence-electron chi connectivity index (χ4n) is 1.44. The molecule has 0 saturated heterocycles. The zero-order valence-electron chi connectivity index (χ0n) is 9.61. The van der Waals surface area contributed by atoms with Gasteiger partial charge in [0.2, 0.25) is 0 Å². The first-order valence-corrected chi connectivity index (χ1v) is 6.88. The van der Waals surface area contributed by atoms with E-state index < -0.39 is 5.82 Å². The number of para-hydroxylation sites is 1. The predicted molar refractivity (Wildman–Crippen MR) is 74.1 cm³/mol. The fourth-order valence-corrected chi connectivity index (χ4v) is 2.41. The lowest BCUT2D eigenvalue weighted by molar-refractivity contribution is 0.325. The van der Waals surface area contributed by atoms with E-state index in [2.05, 4.69) is 0 Å². The SMILES string of the molecule is Fc1cccc(Cl)c1OCCSc1ccccc1. The van der Waals surface area contributed by atoms with Gasteiger partial charge in [-0.25, -0.2) is 4.39 Å². The van der Waals surface area contributed by atoms with Gasteiger partial charge in [-0.05, 0) is 24.3 Å². The fraction of sp³-hybridized carbons (Fsp3) is 0.143. The highest BCUT2D eigenvalue weighted by molar-refractivity contribution is 7.99. The van der Waals surface area contributed by atoms with Crippen molar-refractivity contribution in [3.8, 4) is 5.75 Å². The molecule has 2 aromatic rings. The van der Waals surface area contributed by atoms with Crippen molar-refractivity contribution in [3.63, 3.8) is 0 Å². The topological polar surface area (TPSA) is 9.23 Å². The van der Waals surface area contributed by atoms with Crippen LogP contribution in [0.5, 0.6) is 5.75 Å². The van der Waals surface area contributed by atoms with Gasteiger partial charge < -0.3 is 4.74 Å². The molecule has 0 unspecified atom stereocenters. The van der Waals surface area contributed by atoms with E-state index in [9.17, 15) is 4.39 Å². The quantitative estimate of drug-likeness (QED) is 0.583. The Hall–Kier alpha value is -1.19.